The van der Waals surface area contributed by atoms with E-state index < -0.39 is 12.1 Å². The third-order valence-corrected chi connectivity index (χ3v) is 4.70. The summed E-state index contributed by atoms with van der Waals surface area (Å²) in [7, 11) is 1.34. The van der Waals surface area contributed by atoms with Crippen molar-refractivity contribution in [2.75, 3.05) is 13.7 Å². The van der Waals surface area contributed by atoms with Gasteiger partial charge < -0.3 is 19.7 Å². The van der Waals surface area contributed by atoms with Crippen LogP contribution in [0.1, 0.15) is 15.2 Å². The largest absolute Gasteiger partial charge is 0.465 e. The molecule has 2 aromatic heterocycles. The number of rotatable bonds is 6. The van der Waals surface area contributed by atoms with Crippen molar-refractivity contribution in [3.8, 4) is 11.5 Å². The molecule has 2 N–H and O–H groups in total. The van der Waals surface area contributed by atoms with E-state index >= 15 is 0 Å². The summed E-state index contributed by atoms with van der Waals surface area (Å²) >= 11 is 1.28. The lowest BCUT2D eigenvalue weighted by Crippen LogP contribution is -2.15. The standard InChI is InChI=1S/C18H17NO5S/c1-23-18(22)16-7-13-15(8-19-9-17(13)25-16)24-14-5-3-2-4-11(14)6-12(21)10-20/h2-5,7-9,12,20-21H,6,10H2,1H3. The van der Waals surface area contributed by atoms with Crippen molar-refractivity contribution in [3.63, 3.8) is 0 Å². The zero-order chi connectivity index (χ0) is 17.8. The smallest absolute Gasteiger partial charge is 0.348 e. The maximum Gasteiger partial charge on any atom is 0.348 e. The first-order chi connectivity index (χ1) is 12.1. The van der Waals surface area contributed by atoms with E-state index in [4.69, 9.17) is 14.6 Å². The van der Waals surface area contributed by atoms with Crippen molar-refractivity contribution in [2.24, 2.45) is 0 Å². The fourth-order valence-corrected chi connectivity index (χ4v) is 3.39. The number of ether oxygens (including phenoxy) is 2. The van der Waals surface area contributed by atoms with Crippen LogP contribution in [-0.4, -0.2) is 41.0 Å². The van der Waals surface area contributed by atoms with Crippen molar-refractivity contribution >= 4 is 27.4 Å². The molecule has 0 saturated carbocycles. The number of pyridine rings is 1. The number of carbonyl (C=O) groups excluding carboxylic acids is 1. The Morgan fingerprint density at radius 1 is 1.28 bits per heavy atom. The van der Waals surface area contributed by atoms with Crippen LogP contribution in [0.5, 0.6) is 11.5 Å². The van der Waals surface area contributed by atoms with Gasteiger partial charge in [0.05, 0.1) is 30.7 Å². The highest BCUT2D eigenvalue weighted by Gasteiger charge is 2.15. The minimum absolute atomic E-state index is 0.271. The molecule has 0 spiro atoms. The van der Waals surface area contributed by atoms with Crippen LogP contribution in [0, 0.1) is 0 Å². The Hall–Kier alpha value is -2.48. The molecular formula is C18H17NO5S. The van der Waals surface area contributed by atoms with Gasteiger partial charge in [-0.3, -0.25) is 4.98 Å². The number of benzene rings is 1. The third-order valence-electron chi connectivity index (χ3n) is 3.66. The van der Waals surface area contributed by atoms with Crippen LogP contribution in [0.2, 0.25) is 0 Å². The minimum Gasteiger partial charge on any atom is -0.465 e. The second-order valence-corrected chi connectivity index (χ2v) is 6.49. The van der Waals surface area contributed by atoms with E-state index in [9.17, 15) is 9.90 Å². The lowest BCUT2D eigenvalue weighted by atomic mass is 10.1. The fourth-order valence-electron chi connectivity index (χ4n) is 2.43. The summed E-state index contributed by atoms with van der Waals surface area (Å²) in [5.41, 5.74) is 0.768. The van der Waals surface area contributed by atoms with E-state index in [0.717, 1.165) is 15.6 Å². The molecule has 1 aromatic carbocycles. The number of nitrogens with zero attached hydrogens (tertiary/aromatic N) is 1. The van der Waals surface area contributed by atoms with Gasteiger partial charge >= 0.3 is 5.97 Å². The minimum atomic E-state index is -0.856. The maximum absolute atomic E-state index is 11.7. The number of esters is 1. The number of methoxy groups -OCH3 is 1. The molecule has 7 heteroatoms. The molecule has 130 valence electrons. The van der Waals surface area contributed by atoms with Crippen molar-refractivity contribution < 1.29 is 24.5 Å². The molecule has 3 aromatic rings. The number of fused-ring (bicyclic) bond motifs is 1. The van der Waals surface area contributed by atoms with Gasteiger partial charge in [0.2, 0.25) is 0 Å². The van der Waals surface area contributed by atoms with Crippen LogP contribution >= 0.6 is 11.3 Å². The van der Waals surface area contributed by atoms with Gasteiger partial charge in [0.25, 0.3) is 0 Å². The van der Waals surface area contributed by atoms with E-state index in [0.29, 0.717) is 16.4 Å². The number of hydrogen-bond donors (Lipinski definition) is 2. The fraction of sp³-hybridized carbons (Fsp3) is 0.222. The molecule has 1 unspecified atom stereocenters. The number of aliphatic hydroxyl groups is 2. The second kappa shape index (κ2) is 7.60. The topological polar surface area (TPSA) is 88.9 Å². The van der Waals surface area contributed by atoms with Gasteiger partial charge in [-0.25, -0.2) is 4.79 Å². The number of hydrogen-bond acceptors (Lipinski definition) is 7. The molecule has 2 heterocycles. The maximum atomic E-state index is 11.7. The SMILES string of the molecule is COC(=O)c1cc2c(Oc3ccccc3CC(O)CO)cncc2s1. The molecule has 0 saturated heterocycles. The lowest BCUT2D eigenvalue weighted by Gasteiger charge is -2.13. The van der Waals surface area contributed by atoms with Crippen LogP contribution in [0.3, 0.4) is 0 Å². The zero-order valence-corrected chi connectivity index (χ0v) is 14.3. The molecule has 25 heavy (non-hydrogen) atoms. The van der Waals surface area contributed by atoms with E-state index in [1.54, 1.807) is 24.5 Å². The molecule has 1 atom stereocenters. The Kier molecular flexibility index (Phi) is 5.28. The number of thiophene rings is 1. The van der Waals surface area contributed by atoms with Crippen molar-refractivity contribution in [1.29, 1.82) is 0 Å². The summed E-state index contributed by atoms with van der Waals surface area (Å²) in [4.78, 5) is 16.4. The van der Waals surface area contributed by atoms with Crippen LogP contribution in [0.25, 0.3) is 10.1 Å². The molecule has 0 aliphatic carbocycles. The predicted octanol–water partition coefficient (Wildman–Crippen LogP) is 2.77. The summed E-state index contributed by atoms with van der Waals surface area (Å²) in [6.45, 7) is -0.321. The van der Waals surface area contributed by atoms with Gasteiger partial charge in [-0.15, -0.1) is 11.3 Å². The lowest BCUT2D eigenvalue weighted by molar-refractivity contribution is 0.0606. The van der Waals surface area contributed by atoms with Gasteiger partial charge in [-0.1, -0.05) is 18.2 Å². The first-order valence-electron chi connectivity index (χ1n) is 7.63. The van der Waals surface area contributed by atoms with Crippen LogP contribution in [0.4, 0.5) is 0 Å². The number of carbonyl (C=O) groups is 1. The van der Waals surface area contributed by atoms with E-state index in [-0.39, 0.29) is 13.0 Å². The van der Waals surface area contributed by atoms with Gasteiger partial charge in [0.15, 0.2) is 5.75 Å². The van der Waals surface area contributed by atoms with E-state index in [1.165, 1.54) is 18.4 Å². The molecule has 3 rings (SSSR count). The summed E-state index contributed by atoms with van der Waals surface area (Å²) in [6, 6.07) is 8.99. The summed E-state index contributed by atoms with van der Waals surface area (Å²) in [6.07, 6.45) is 2.66. The highest BCUT2D eigenvalue weighted by Crippen LogP contribution is 2.35. The Balaban J connectivity index is 1.96. The summed E-state index contributed by atoms with van der Waals surface area (Å²) in [5.74, 6) is 0.670. The van der Waals surface area contributed by atoms with Crippen molar-refractivity contribution in [2.45, 2.75) is 12.5 Å². The molecule has 0 aliphatic rings. The Morgan fingerprint density at radius 2 is 2.08 bits per heavy atom. The quantitative estimate of drug-likeness (QED) is 0.658. The first-order valence-corrected chi connectivity index (χ1v) is 8.44. The van der Waals surface area contributed by atoms with Crippen LogP contribution in [0.15, 0.2) is 42.7 Å². The first kappa shape index (κ1) is 17.3. The number of aliphatic hydroxyl groups excluding tert-OH is 2. The van der Waals surface area contributed by atoms with Gasteiger partial charge in [0.1, 0.15) is 10.6 Å². The van der Waals surface area contributed by atoms with Crippen LogP contribution in [-0.2, 0) is 11.2 Å². The van der Waals surface area contributed by atoms with Crippen molar-refractivity contribution in [1.82, 2.24) is 4.98 Å². The average Bonchev–Trinajstić information content (AvgIpc) is 3.08. The van der Waals surface area contributed by atoms with Crippen LogP contribution < -0.4 is 4.74 Å². The van der Waals surface area contributed by atoms with E-state index in [2.05, 4.69) is 4.98 Å². The molecule has 0 radical (unpaired) electrons. The van der Waals surface area contributed by atoms with E-state index in [1.807, 2.05) is 18.2 Å². The monoisotopic (exact) mass is 359 g/mol. The number of aromatic nitrogens is 1. The molecular weight excluding hydrogens is 342 g/mol. The molecule has 0 bridgehead atoms. The van der Waals surface area contributed by atoms with Gasteiger partial charge in [-0.05, 0) is 17.7 Å². The predicted molar refractivity (Wildman–Crippen MR) is 94.3 cm³/mol. The average molecular weight is 359 g/mol. The van der Waals surface area contributed by atoms with Crippen molar-refractivity contribution in [3.05, 3.63) is 53.2 Å². The zero-order valence-electron chi connectivity index (χ0n) is 13.5. The van der Waals surface area contributed by atoms with Gasteiger partial charge in [-0.2, -0.15) is 0 Å². The number of para-hydroxylation sites is 1. The Morgan fingerprint density at radius 3 is 2.84 bits per heavy atom. The highest BCUT2D eigenvalue weighted by atomic mass is 32.1. The summed E-state index contributed by atoms with van der Waals surface area (Å²) in [5, 5.41) is 19.5. The summed E-state index contributed by atoms with van der Waals surface area (Å²) < 4.78 is 11.6. The second-order valence-electron chi connectivity index (χ2n) is 5.40. The molecule has 0 amide bonds. The molecule has 0 fully saturated rings. The highest BCUT2D eigenvalue weighted by molar-refractivity contribution is 7.20. The Bertz CT molecular complexity index is 892. The Labute approximate surface area is 148 Å². The third kappa shape index (κ3) is 3.79. The van der Waals surface area contributed by atoms with Gasteiger partial charge in [0, 0.05) is 18.0 Å². The molecule has 0 aliphatic heterocycles. The normalized spacial score (nSPS) is 12.1. The molecule has 6 nitrogen and oxygen atoms in total.